The number of nitrogens with one attached hydrogen (secondary N) is 3. The number of benzene rings is 2. The zero-order valence-electron chi connectivity index (χ0n) is 16.2. The van der Waals surface area contributed by atoms with Gasteiger partial charge in [-0.25, -0.2) is 0 Å². The van der Waals surface area contributed by atoms with Crippen molar-refractivity contribution < 1.29 is 19.2 Å². The van der Waals surface area contributed by atoms with Crippen molar-refractivity contribution in [1.29, 1.82) is 0 Å². The van der Waals surface area contributed by atoms with Crippen LogP contribution in [0.5, 0.6) is 5.75 Å². The molecule has 2 rings (SSSR count). The minimum absolute atomic E-state index is 0.0305. The molecule has 2 amide bonds. The first-order valence-electron chi connectivity index (χ1n) is 9.03. The molecule has 0 saturated heterocycles. The highest BCUT2D eigenvalue weighted by atomic mass is 16.5. The number of ether oxygens (including phenoxy) is 1. The average Bonchev–Trinajstić information content (AvgIpc) is 2.68. The second kappa shape index (κ2) is 10.3. The molecule has 0 aromatic heterocycles. The number of carbonyl (C=O) groups excluding carboxylic acids is 2. The first kappa shape index (κ1) is 20.5. The normalized spacial score (nSPS) is 11.5. The second-order valence-electron chi connectivity index (χ2n) is 6.53. The molecule has 1 atom stereocenters. The maximum Gasteiger partial charge on any atom is 0.275 e. The molecule has 0 aliphatic rings. The molecule has 3 N–H and O–H groups in total. The van der Waals surface area contributed by atoms with Gasteiger partial charge >= 0.3 is 0 Å². The van der Waals surface area contributed by atoms with Crippen molar-refractivity contribution in [3.8, 4) is 5.75 Å². The molecule has 27 heavy (non-hydrogen) atoms. The van der Waals surface area contributed by atoms with E-state index in [-0.39, 0.29) is 11.8 Å². The van der Waals surface area contributed by atoms with Gasteiger partial charge in [-0.1, -0.05) is 24.3 Å². The predicted octanol–water partition coefficient (Wildman–Crippen LogP) is 0.428. The Kier molecular flexibility index (Phi) is 7.82. The van der Waals surface area contributed by atoms with Gasteiger partial charge in [0.25, 0.3) is 11.8 Å². The van der Waals surface area contributed by atoms with E-state index in [2.05, 4.69) is 10.6 Å². The lowest BCUT2D eigenvalue weighted by atomic mass is 10.1. The highest BCUT2D eigenvalue weighted by Crippen LogP contribution is 2.11. The van der Waals surface area contributed by atoms with Gasteiger partial charge in [-0.3, -0.25) is 9.59 Å². The molecule has 0 heterocycles. The third-order valence-corrected chi connectivity index (χ3v) is 4.31. The summed E-state index contributed by atoms with van der Waals surface area (Å²) in [6, 6.07) is 15.3. The minimum Gasteiger partial charge on any atom is -0.497 e. The number of hydrogen-bond donors (Lipinski definition) is 3. The van der Waals surface area contributed by atoms with Gasteiger partial charge in [-0.2, -0.15) is 0 Å². The molecule has 2 aromatic carbocycles. The van der Waals surface area contributed by atoms with Crippen LogP contribution in [0.4, 0.5) is 0 Å². The lowest BCUT2D eigenvalue weighted by molar-refractivity contribution is -0.885. The van der Waals surface area contributed by atoms with Crippen LogP contribution in [0.2, 0.25) is 0 Å². The van der Waals surface area contributed by atoms with Crippen molar-refractivity contribution in [2.75, 3.05) is 34.3 Å². The second-order valence-corrected chi connectivity index (χ2v) is 6.53. The van der Waals surface area contributed by atoms with Crippen LogP contribution in [0, 0.1) is 0 Å². The van der Waals surface area contributed by atoms with Gasteiger partial charge in [-0.15, -0.1) is 0 Å². The number of rotatable bonds is 9. The molecule has 0 saturated carbocycles. The number of likely N-dealkylation sites (N-methyl/N-ethyl adjacent to an activating group) is 1. The molecule has 144 valence electrons. The fraction of sp³-hybridized carbons (Fsp3) is 0.333. The standard InChI is InChI=1S/C21H27N3O3/c1-22-21(26)18-8-4-17(5-9-18)14-24(2)15-20(25)23-13-12-16-6-10-19(27-3)11-7-16/h4-11H,12-15H2,1-3H3,(H,22,26)(H,23,25)/p+1. The SMILES string of the molecule is CNC(=O)c1ccc(C[NH+](C)CC(=O)NCCc2ccc(OC)cc2)cc1. The van der Waals surface area contributed by atoms with Gasteiger partial charge in [0, 0.05) is 24.7 Å². The quantitative estimate of drug-likeness (QED) is 0.599. The molecule has 0 radical (unpaired) electrons. The van der Waals surface area contributed by atoms with E-state index in [9.17, 15) is 9.59 Å². The summed E-state index contributed by atoms with van der Waals surface area (Å²) in [5, 5.41) is 5.57. The molecule has 6 heteroatoms. The smallest absolute Gasteiger partial charge is 0.275 e. The Bertz CT molecular complexity index is 742. The topological polar surface area (TPSA) is 71.9 Å². The van der Waals surface area contributed by atoms with Crippen LogP contribution in [0.25, 0.3) is 0 Å². The Labute approximate surface area is 160 Å². The Hall–Kier alpha value is -2.86. The van der Waals surface area contributed by atoms with Crippen LogP contribution in [-0.4, -0.2) is 46.1 Å². The summed E-state index contributed by atoms with van der Waals surface area (Å²) in [6.07, 6.45) is 0.787. The summed E-state index contributed by atoms with van der Waals surface area (Å²) >= 11 is 0. The van der Waals surface area contributed by atoms with E-state index in [0.29, 0.717) is 18.7 Å². The van der Waals surface area contributed by atoms with E-state index in [1.165, 1.54) is 0 Å². The average molecular weight is 370 g/mol. The third kappa shape index (κ3) is 6.75. The largest absolute Gasteiger partial charge is 0.497 e. The fourth-order valence-corrected chi connectivity index (χ4v) is 2.80. The highest BCUT2D eigenvalue weighted by molar-refractivity contribution is 5.93. The van der Waals surface area contributed by atoms with Gasteiger partial charge in [0.15, 0.2) is 6.54 Å². The van der Waals surface area contributed by atoms with Gasteiger partial charge in [0.1, 0.15) is 12.3 Å². The lowest BCUT2D eigenvalue weighted by Gasteiger charge is -2.14. The predicted molar refractivity (Wildman–Crippen MR) is 105 cm³/mol. The Morgan fingerprint density at radius 1 is 1.00 bits per heavy atom. The zero-order valence-corrected chi connectivity index (χ0v) is 16.2. The Morgan fingerprint density at radius 2 is 1.63 bits per heavy atom. The number of amides is 2. The number of methoxy groups -OCH3 is 1. The third-order valence-electron chi connectivity index (χ3n) is 4.31. The molecule has 0 bridgehead atoms. The Morgan fingerprint density at radius 3 is 2.22 bits per heavy atom. The van der Waals surface area contributed by atoms with Crippen molar-refractivity contribution in [3.63, 3.8) is 0 Å². The van der Waals surface area contributed by atoms with Crippen molar-refractivity contribution in [2.45, 2.75) is 13.0 Å². The van der Waals surface area contributed by atoms with E-state index in [1.807, 2.05) is 43.4 Å². The van der Waals surface area contributed by atoms with Gasteiger partial charge < -0.3 is 20.3 Å². The van der Waals surface area contributed by atoms with Gasteiger partial charge in [0.2, 0.25) is 0 Å². The summed E-state index contributed by atoms with van der Waals surface area (Å²) < 4.78 is 5.14. The van der Waals surface area contributed by atoms with Crippen LogP contribution >= 0.6 is 0 Å². The molecule has 2 aromatic rings. The van der Waals surface area contributed by atoms with Crippen LogP contribution in [-0.2, 0) is 17.8 Å². The summed E-state index contributed by atoms with van der Waals surface area (Å²) in [5.74, 6) is 0.762. The number of carbonyl (C=O) groups is 2. The van der Waals surface area contributed by atoms with E-state index in [1.54, 1.807) is 26.3 Å². The lowest BCUT2D eigenvalue weighted by Crippen LogP contribution is -3.08. The van der Waals surface area contributed by atoms with Crippen LogP contribution in [0.3, 0.4) is 0 Å². The first-order chi connectivity index (χ1) is 13.0. The molecule has 6 nitrogen and oxygen atoms in total. The van der Waals surface area contributed by atoms with Crippen molar-refractivity contribution >= 4 is 11.8 Å². The summed E-state index contributed by atoms with van der Waals surface area (Å²) in [5.41, 5.74) is 2.88. The van der Waals surface area contributed by atoms with Crippen LogP contribution in [0.1, 0.15) is 21.5 Å². The van der Waals surface area contributed by atoms with Crippen molar-refractivity contribution in [2.24, 2.45) is 0 Å². The van der Waals surface area contributed by atoms with E-state index < -0.39 is 0 Å². The molecule has 1 unspecified atom stereocenters. The van der Waals surface area contributed by atoms with Crippen molar-refractivity contribution in [3.05, 3.63) is 65.2 Å². The Balaban J connectivity index is 1.72. The first-order valence-corrected chi connectivity index (χ1v) is 9.03. The minimum atomic E-state index is -0.0986. The number of quaternary nitrogens is 1. The maximum absolute atomic E-state index is 12.1. The molecular weight excluding hydrogens is 342 g/mol. The van der Waals surface area contributed by atoms with Crippen LogP contribution in [0.15, 0.2) is 48.5 Å². The molecule has 0 aliphatic heterocycles. The van der Waals surface area contributed by atoms with Crippen LogP contribution < -0.4 is 20.3 Å². The fourth-order valence-electron chi connectivity index (χ4n) is 2.80. The van der Waals surface area contributed by atoms with Gasteiger partial charge in [-0.05, 0) is 36.2 Å². The zero-order chi connectivity index (χ0) is 19.6. The number of hydrogen-bond acceptors (Lipinski definition) is 3. The molecule has 0 spiro atoms. The molecule has 0 fully saturated rings. The molecular formula is C21H28N3O3+. The van der Waals surface area contributed by atoms with E-state index >= 15 is 0 Å². The summed E-state index contributed by atoms with van der Waals surface area (Å²) in [7, 11) is 5.24. The summed E-state index contributed by atoms with van der Waals surface area (Å²) in [6.45, 7) is 1.74. The van der Waals surface area contributed by atoms with E-state index in [0.717, 1.165) is 34.7 Å². The maximum atomic E-state index is 12.1. The summed E-state index contributed by atoms with van der Waals surface area (Å²) in [4.78, 5) is 24.8. The molecule has 0 aliphatic carbocycles. The van der Waals surface area contributed by atoms with E-state index in [4.69, 9.17) is 4.74 Å². The van der Waals surface area contributed by atoms with Gasteiger partial charge in [0.05, 0.1) is 14.2 Å². The highest BCUT2D eigenvalue weighted by Gasteiger charge is 2.11. The van der Waals surface area contributed by atoms with Crippen molar-refractivity contribution in [1.82, 2.24) is 10.6 Å². The monoisotopic (exact) mass is 370 g/mol.